The van der Waals surface area contributed by atoms with Gasteiger partial charge in [-0.05, 0) is 42.8 Å². The van der Waals surface area contributed by atoms with Crippen LogP contribution in [0, 0.1) is 0 Å². The summed E-state index contributed by atoms with van der Waals surface area (Å²) >= 11 is 0. The van der Waals surface area contributed by atoms with Gasteiger partial charge in [0, 0.05) is 11.6 Å². The Labute approximate surface area is 163 Å². The lowest BCUT2D eigenvalue weighted by Crippen LogP contribution is -2.26. The van der Waals surface area contributed by atoms with E-state index in [4.69, 9.17) is 14.2 Å². The van der Waals surface area contributed by atoms with Gasteiger partial charge in [0.2, 0.25) is 0 Å². The van der Waals surface area contributed by atoms with E-state index < -0.39 is 0 Å². The number of nitrogens with zero attached hydrogens (tertiary/aromatic N) is 1. The summed E-state index contributed by atoms with van der Waals surface area (Å²) in [6, 6.07) is 14.5. The van der Waals surface area contributed by atoms with Crippen molar-refractivity contribution in [3.63, 3.8) is 0 Å². The van der Waals surface area contributed by atoms with Crippen molar-refractivity contribution < 1.29 is 19.0 Å². The molecule has 2 N–H and O–H groups in total. The highest BCUT2D eigenvalue weighted by Gasteiger charge is 2.17. The van der Waals surface area contributed by atoms with Crippen LogP contribution in [0.15, 0.2) is 48.5 Å². The van der Waals surface area contributed by atoms with Crippen LogP contribution in [0.1, 0.15) is 29.0 Å². The fourth-order valence-electron chi connectivity index (χ4n) is 2.84. The summed E-state index contributed by atoms with van der Waals surface area (Å²) in [7, 11) is 4.79. The zero-order valence-corrected chi connectivity index (χ0v) is 16.3. The minimum atomic E-state index is -0.241. The first kappa shape index (κ1) is 19.3. The largest absolute Gasteiger partial charge is 0.497 e. The maximum Gasteiger partial charge on any atom is 0.269 e. The fourth-order valence-corrected chi connectivity index (χ4v) is 2.84. The van der Waals surface area contributed by atoms with E-state index in [0.29, 0.717) is 22.9 Å². The lowest BCUT2D eigenvalue weighted by molar-refractivity contribution is 0.0935. The number of nitrogens with one attached hydrogen (secondary N) is 2. The van der Waals surface area contributed by atoms with Gasteiger partial charge in [0.1, 0.15) is 22.9 Å². The van der Waals surface area contributed by atoms with Crippen LogP contribution in [0.5, 0.6) is 17.2 Å². The monoisotopic (exact) mass is 381 g/mol. The smallest absolute Gasteiger partial charge is 0.269 e. The highest BCUT2D eigenvalue weighted by atomic mass is 16.5. The number of hydrogen-bond acceptors (Lipinski definition) is 5. The molecule has 1 atom stereocenters. The van der Waals surface area contributed by atoms with E-state index in [0.717, 1.165) is 16.9 Å². The van der Waals surface area contributed by atoms with Crippen molar-refractivity contribution in [1.82, 2.24) is 15.5 Å². The van der Waals surface area contributed by atoms with Crippen LogP contribution in [-0.2, 0) is 0 Å². The first-order valence-corrected chi connectivity index (χ1v) is 8.78. The first-order valence-electron chi connectivity index (χ1n) is 8.78. The molecular formula is C21H23N3O4. The van der Waals surface area contributed by atoms with Crippen LogP contribution < -0.4 is 19.5 Å². The normalized spacial score (nSPS) is 11.6. The van der Waals surface area contributed by atoms with Gasteiger partial charge in [-0.1, -0.05) is 12.1 Å². The molecule has 0 saturated carbocycles. The highest BCUT2D eigenvalue weighted by Crippen LogP contribution is 2.32. The van der Waals surface area contributed by atoms with E-state index in [9.17, 15) is 4.79 Å². The van der Waals surface area contributed by atoms with Gasteiger partial charge in [0.05, 0.1) is 33.1 Å². The Morgan fingerprint density at radius 2 is 1.64 bits per heavy atom. The maximum atomic E-state index is 12.6. The van der Waals surface area contributed by atoms with Gasteiger partial charge >= 0.3 is 0 Å². The standard InChI is InChI=1S/C21H23N3O4/c1-13(14-5-7-15(26-2)8-6-14)22-21(25)19-12-18(23-24-19)17-10-9-16(27-3)11-20(17)28-4/h5-13H,1-4H3,(H,22,25)(H,23,24)/t13-/m0/s1. The summed E-state index contributed by atoms with van der Waals surface area (Å²) in [6.45, 7) is 1.92. The number of benzene rings is 2. The fraction of sp³-hybridized carbons (Fsp3) is 0.238. The van der Waals surface area contributed by atoms with E-state index in [1.807, 2.05) is 43.3 Å². The van der Waals surface area contributed by atoms with Crippen LogP contribution in [0.2, 0.25) is 0 Å². The van der Waals surface area contributed by atoms with Crippen LogP contribution in [0.4, 0.5) is 0 Å². The average Bonchev–Trinajstić information content (AvgIpc) is 3.23. The first-order chi connectivity index (χ1) is 13.5. The number of rotatable bonds is 7. The molecule has 3 rings (SSSR count). The molecule has 1 aromatic heterocycles. The second-order valence-corrected chi connectivity index (χ2v) is 6.20. The third-order valence-corrected chi connectivity index (χ3v) is 4.47. The maximum absolute atomic E-state index is 12.6. The topological polar surface area (TPSA) is 85.5 Å². The number of H-pyrrole nitrogens is 1. The van der Waals surface area contributed by atoms with Gasteiger partial charge in [-0.2, -0.15) is 5.10 Å². The predicted molar refractivity (Wildman–Crippen MR) is 106 cm³/mol. The number of aromatic nitrogens is 2. The Bertz CT molecular complexity index is 951. The lowest BCUT2D eigenvalue weighted by atomic mass is 10.1. The molecule has 0 saturated heterocycles. The van der Waals surface area contributed by atoms with Crippen molar-refractivity contribution in [3.8, 4) is 28.5 Å². The molecule has 2 aromatic carbocycles. The Morgan fingerprint density at radius 3 is 2.29 bits per heavy atom. The predicted octanol–water partition coefficient (Wildman–Crippen LogP) is 3.59. The van der Waals surface area contributed by atoms with Crippen LogP contribution in [-0.4, -0.2) is 37.4 Å². The number of amides is 1. The molecule has 0 aliphatic carbocycles. The summed E-state index contributed by atoms with van der Waals surface area (Å²) in [4.78, 5) is 12.6. The van der Waals surface area contributed by atoms with Crippen molar-refractivity contribution in [2.24, 2.45) is 0 Å². The van der Waals surface area contributed by atoms with E-state index in [1.165, 1.54) is 0 Å². The third kappa shape index (κ3) is 4.09. The van der Waals surface area contributed by atoms with E-state index >= 15 is 0 Å². The molecule has 7 nitrogen and oxygen atoms in total. The molecule has 0 aliphatic rings. The van der Waals surface area contributed by atoms with Gasteiger partial charge < -0.3 is 19.5 Å². The zero-order valence-electron chi connectivity index (χ0n) is 16.3. The third-order valence-electron chi connectivity index (χ3n) is 4.47. The van der Waals surface area contributed by atoms with Gasteiger partial charge in [-0.25, -0.2) is 0 Å². The number of carbonyl (C=O) groups is 1. The number of hydrogen-bond donors (Lipinski definition) is 2. The minimum absolute atomic E-state index is 0.166. The summed E-state index contributed by atoms with van der Waals surface area (Å²) in [5, 5.41) is 10.0. The quantitative estimate of drug-likeness (QED) is 0.653. The Balaban J connectivity index is 1.75. The molecule has 1 heterocycles. The van der Waals surface area contributed by atoms with E-state index in [-0.39, 0.29) is 11.9 Å². The molecule has 0 fully saturated rings. The summed E-state index contributed by atoms with van der Waals surface area (Å²) in [5.41, 5.74) is 2.72. The molecule has 0 spiro atoms. The van der Waals surface area contributed by atoms with E-state index in [2.05, 4.69) is 15.5 Å². The Kier molecular flexibility index (Phi) is 5.84. The van der Waals surface area contributed by atoms with Crippen molar-refractivity contribution >= 4 is 5.91 Å². The Morgan fingerprint density at radius 1 is 0.964 bits per heavy atom. The van der Waals surface area contributed by atoms with Gasteiger partial charge in [-0.15, -0.1) is 0 Å². The number of aromatic amines is 1. The van der Waals surface area contributed by atoms with Gasteiger partial charge in [0.25, 0.3) is 5.91 Å². The molecule has 3 aromatic rings. The molecule has 0 radical (unpaired) electrons. The number of carbonyl (C=O) groups excluding carboxylic acids is 1. The van der Waals surface area contributed by atoms with Crippen molar-refractivity contribution in [1.29, 1.82) is 0 Å². The molecule has 0 unspecified atom stereocenters. The van der Waals surface area contributed by atoms with Crippen LogP contribution in [0.25, 0.3) is 11.3 Å². The number of methoxy groups -OCH3 is 3. The second kappa shape index (κ2) is 8.47. The van der Waals surface area contributed by atoms with Crippen LogP contribution >= 0.6 is 0 Å². The van der Waals surface area contributed by atoms with Gasteiger partial charge in [0.15, 0.2) is 0 Å². The molecule has 1 amide bonds. The summed E-state index contributed by atoms with van der Waals surface area (Å²) in [5.74, 6) is 1.83. The zero-order chi connectivity index (χ0) is 20.1. The molecule has 7 heteroatoms. The SMILES string of the molecule is COc1ccc([C@H](C)NC(=O)c2cc(-c3ccc(OC)cc3OC)n[nH]2)cc1. The summed E-state index contributed by atoms with van der Waals surface area (Å²) in [6.07, 6.45) is 0. The molecular weight excluding hydrogens is 358 g/mol. The van der Waals surface area contributed by atoms with Crippen LogP contribution in [0.3, 0.4) is 0 Å². The van der Waals surface area contributed by atoms with E-state index in [1.54, 1.807) is 33.5 Å². The van der Waals surface area contributed by atoms with Crippen molar-refractivity contribution in [2.45, 2.75) is 13.0 Å². The molecule has 146 valence electrons. The molecule has 0 bridgehead atoms. The van der Waals surface area contributed by atoms with Crippen molar-refractivity contribution in [2.75, 3.05) is 21.3 Å². The Hall–Kier alpha value is -3.48. The second-order valence-electron chi connectivity index (χ2n) is 6.20. The summed E-state index contributed by atoms with van der Waals surface area (Å²) < 4.78 is 15.8. The van der Waals surface area contributed by atoms with Crippen molar-refractivity contribution in [3.05, 3.63) is 59.8 Å². The minimum Gasteiger partial charge on any atom is -0.497 e. The van der Waals surface area contributed by atoms with Gasteiger partial charge in [-0.3, -0.25) is 9.89 Å². The molecule has 28 heavy (non-hydrogen) atoms. The number of ether oxygens (including phenoxy) is 3. The lowest BCUT2D eigenvalue weighted by Gasteiger charge is -2.14. The molecule has 0 aliphatic heterocycles. The average molecular weight is 381 g/mol. The highest BCUT2D eigenvalue weighted by molar-refractivity contribution is 5.93.